The summed E-state index contributed by atoms with van der Waals surface area (Å²) in [5, 5.41) is 0. The summed E-state index contributed by atoms with van der Waals surface area (Å²) < 4.78 is 23.6. The second-order valence-corrected chi connectivity index (χ2v) is 4.87. The Kier molecular flexibility index (Phi) is 2.69. The van der Waals surface area contributed by atoms with E-state index >= 15 is 0 Å². The molecule has 0 saturated carbocycles. The van der Waals surface area contributed by atoms with Crippen molar-refractivity contribution in [1.82, 2.24) is 4.31 Å². The number of carbonyl (C=O) groups is 1. The Morgan fingerprint density at radius 3 is 2.58 bits per heavy atom. The Balaban J connectivity index is 2.48. The second kappa shape index (κ2) is 3.40. The highest BCUT2D eigenvalue weighted by Crippen LogP contribution is 2.12. The van der Waals surface area contributed by atoms with Crippen molar-refractivity contribution < 1.29 is 13.2 Å². The number of nitrogens with zero attached hydrogens (tertiary/aromatic N) is 1. The van der Waals surface area contributed by atoms with Crippen molar-refractivity contribution >= 4 is 15.9 Å². The highest BCUT2D eigenvalue weighted by Gasteiger charge is 2.27. The van der Waals surface area contributed by atoms with Crippen molar-refractivity contribution in [2.24, 2.45) is 5.73 Å². The van der Waals surface area contributed by atoms with Gasteiger partial charge in [-0.1, -0.05) is 0 Å². The number of amides is 1. The maximum atomic E-state index is 11.1. The molecule has 0 unspecified atom stereocenters. The number of rotatable bonds is 3. The van der Waals surface area contributed by atoms with Crippen LogP contribution in [0, 0.1) is 0 Å². The maximum absolute atomic E-state index is 11.1. The number of hydrogen-bond donors (Lipinski definition) is 1. The molecule has 0 radical (unpaired) electrons. The van der Waals surface area contributed by atoms with Crippen LogP contribution in [0.3, 0.4) is 0 Å². The normalized spacial score (nSPS) is 22.7. The van der Waals surface area contributed by atoms with Crippen molar-refractivity contribution in [1.29, 1.82) is 0 Å². The van der Waals surface area contributed by atoms with Crippen LogP contribution in [0.5, 0.6) is 0 Å². The van der Waals surface area contributed by atoms with Crippen molar-refractivity contribution in [2.75, 3.05) is 18.8 Å². The third kappa shape index (κ3) is 2.18. The lowest BCUT2D eigenvalue weighted by molar-refractivity contribution is -0.118. The van der Waals surface area contributed by atoms with E-state index in [0.717, 1.165) is 0 Å². The van der Waals surface area contributed by atoms with E-state index < -0.39 is 15.9 Å². The van der Waals surface area contributed by atoms with Crippen molar-refractivity contribution in [3.05, 3.63) is 0 Å². The molecule has 0 atom stereocenters. The smallest absolute Gasteiger partial charge is 0.218 e. The van der Waals surface area contributed by atoms with Gasteiger partial charge in [-0.2, -0.15) is 0 Å². The lowest BCUT2D eigenvalue weighted by Gasteiger charge is -2.11. The van der Waals surface area contributed by atoms with Gasteiger partial charge in [-0.25, -0.2) is 12.7 Å². The molecule has 1 aliphatic rings. The number of nitrogens with two attached hydrogens (primary N) is 1. The molecule has 1 heterocycles. The van der Waals surface area contributed by atoms with E-state index in [4.69, 9.17) is 5.73 Å². The van der Waals surface area contributed by atoms with Gasteiger partial charge >= 0.3 is 0 Å². The minimum Gasteiger partial charge on any atom is -0.370 e. The van der Waals surface area contributed by atoms with Gasteiger partial charge in [0.15, 0.2) is 0 Å². The molecule has 1 saturated heterocycles. The third-order valence-electron chi connectivity index (χ3n) is 1.81. The molecule has 0 aliphatic carbocycles. The van der Waals surface area contributed by atoms with Crippen molar-refractivity contribution in [3.8, 4) is 0 Å². The summed E-state index contributed by atoms with van der Waals surface area (Å²) in [5.74, 6) is -0.261. The van der Waals surface area contributed by atoms with E-state index in [0.29, 0.717) is 13.0 Å². The zero-order chi connectivity index (χ0) is 9.19. The summed E-state index contributed by atoms with van der Waals surface area (Å²) in [5.41, 5.74) is 4.90. The summed E-state index contributed by atoms with van der Waals surface area (Å²) in [6, 6.07) is 0. The van der Waals surface area contributed by atoms with Gasteiger partial charge in [0.05, 0.1) is 5.75 Å². The lowest BCUT2D eigenvalue weighted by atomic mass is 10.4. The average Bonchev–Trinajstić information content (AvgIpc) is 2.25. The van der Waals surface area contributed by atoms with Crippen LogP contribution in [0.4, 0.5) is 0 Å². The van der Waals surface area contributed by atoms with Gasteiger partial charge in [0.1, 0.15) is 0 Å². The highest BCUT2D eigenvalue weighted by atomic mass is 32.2. The number of primary amides is 1. The minimum absolute atomic E-state index is 0.110. The van der Waals surface area contributed by atoms with Gasteiger partial charge < -0.3 is 5.73 Å². The molecule has 2 N–H and O–H groups in total. The van der Waals surface area contributed by atoms with E-state index in [1.165, 1.54) is 4.31 Å². The van der Waals surface area contributed by atoms with Crippen LogP contribution < -0.4 is 5.73 Å². The summed E-state index contributed by atoms with van der Waals surface area (Å²) in [4.78, 5) is 10.4. The molecule has 1 amide bonds. The Morgan fingerprint density at radius 1 is 1.50 bits per heavy atom. The molecule has 1 rings (SSSR count). The van der Waals surface area contributed by atoms with Crippen LogP contribution in [-0.4, -0.2) is 37.5 Å². The fourth-order valence-electron chi connectivity index (χ4n) is 1.18. The molecule has 6 heteroatoms. The van der Waals surface area contributed by atoms with Gasteiger partial charge in [0.2, 0.25) is 15.9 Å². The molecular weight excluding hydrogens is 180 g/mol. The van der Waals surface area contributed by atoms with E-state index in [1.54, 1.807) is 0 Å². The predicted octanol–water partition coefficient (Wildman–Crippen LogP) is -1.10. The van der Waals surface area contributed by atoms with Gasteiger partial charge in [-0.3, -0.25) is 4.79 Å². The summed E-state index contributed by atoms with van der Waals surface area (Å²) in [7, 11) is -3.06. The lowest BCUT2D eigenvalue weighted by Crippen LogP contribution is -2.29. The van der Waals surface area contributed by atoms with Crippen LogP contribution in [0.15, 0.2) is 0 Å². The number of hydrogen-bond acceptors (Lipinski definition) is 3. The molecule has 0 aromatic carbocycles. The monoisotopic (exact) mass is 192 g/mol. The van der Waals surface area contributed by atoms with Crippen LogP contribution in [-0.2, 0) is 14.8 Å². The Hall–Kier alpha value is -0.620. The van der Waals surface area contributed by atoms with Gasteiger partial charge in [-0.15, -0.1) is 0 Å². The first kappa shape index (κ1) is 9.47. The Bertz CT molecular complexity index is 273. The highest BCUT2D eigenvalue weighted by molar-refractivity contribution is 7.89. The first-order valence-corrected chi connectivity index (χ1v) is 5.39. The van der Waals surface area contributed by atoms with Gasteiger partial charge in [-0.05, 0) is 6.42 Å². The van der Waals surface area contributed by atoms with Crippen LogP contribution in [0.1, 0.15) is 12.8 Å². The SMILES string of the molecule is NC(=O)CCN1CCCS1(=O)=O. The van der Waals surface area contributed by atoms with E-state index in [9.17, 15) is 13.2 Å². The molecule has 1 aliphatic heterocycles. The van der Waals surface area contributed by atoms with Gasteiger partial charge in [0.25, 0.3) is 0 Å². The molecule has 70 valence electrons. The zero-order valence-corrected chi connectivity index (χ0v) is 7.51. The van der Waals surface area contributed by atoms with E-state index in [1.807, 2.05) is 0 Å². The molecule has 0 spiro atoms. The predicted molar refractivity (Wildman–Crippen MR) is 43.8 cm³/mol. The first-order chi connectivity index (χ1) is 5.52. The molecule has 12 heavy (non-hydrogen) atoms. The zero-order valence-electron chi connectivity index (χ0n) is 6.69. The van der Waals surface area contributed by atoms with E-state index in [-0.39, 0.29) is 18.7 Å². The fraction of sp³-hybridized carbons (Fsp3) is 0.833. The molecule has 0 aromatic heterocycles. The summed E-state index contributed by atoms with van der Waals surface area (Å²) >= 11 is 0. The molecular formula is C6H12N2O3S. The number of sulfonamides is 1. The largest absolute Gasteiger partial charge is 0.370 e. The molecule has 0 aromatic rings. The molecule has 0 bridgehead atoms. The third-order valence-corrected chi connectivity index (χ3v) is 3.77. The Morgan fingerprint density at radius 2 is 2.17 bits per heavy atom. The quantitative estimate of drug-likeness (QED) is 0.616. The van der Waals surface area contributed by atoms with Crippen molar-refractivity contribution in [3.63, 3.8) is 0 Å². The standard InChI is InChI=1S/C6H12N2O3S/c7-6(9)2-4-8-3-1-5-12(8,10)11/h1-5H2,(H2,7,9). The number of carbonyl (C=O) groups excluding carboxylic acids is 1. The second-order valence-electron chi connectivity index (χ2n) is 2.78. The fourth-order valence-corrected chi connectivity index (χ4v) is 2.71. The van der Waals surface area contributed by atoms with Crippen LogP contribution in [0.2, 0.25) is 0 Å². The minimum atomic E-state index is -3.06. The summed E-state index contributed by atoms with van der Waals surface area (Å²) in [6.07, 6.45) is 0.764. The van der Waals surface area contributed by atoms with Crippen LogP contribution >= 0.6 is 0 Å². The van der Waals surface area contributed by atoms with E-state index in [2.05, 4.69) is 0 Å². The van der Waals surface area contributed by atoms with Crippen molar-refractivity contribution in [2.45, 2.75) is 12.8 Å². The Labute approximate surface area is 71.6 Å². The maximum Gasteiger partial charge on any atom is 0.218 e. The topological polar surface area (TPSA) is 80.5 Å². The van der Waals surface area contributed by atoms with Crippen LogP contribution in [0.25, 0.3) is 0 Å². The molecule has 5 nitrogen and oxygen atoms in total. The average molecular weight is 192 g/mol. The molecule has 1 fully saturated rings. The van der Waals surface area contributed by atoms with Gasteiger partial charge in [0, 0.05) is 19.5 Å². The first-order valence-electron chi connectivity index (χ1n) is 3.78. The summed E-state index contributed by atoms with van der Waals surface area (Å²) in [6.45, 7) is 0.757.